The maximum atomic E-state index is 12.9. The van der Waals surface area contributed by atoms with Gasteiger partial charge in [-0.25, -0.2) is 8.42 Å². The van der Waals surface area contributed by atoms with Gasteiger partial charge in [-0.1, -0.05) is 30.3 Å². The summed E-state index contributed by atoms with van der Waals surface area (Å²) in [4.78, 5) is 12.5. The Bertz CT molecular complexity index is 890. The summed E-state index contributed by atoms with van der Waals surface area (Å²) >= 11 is 2.42. The second kappa shape index (κ2) is 6.36. The third-order valence-electron chi connectivity index (χ3n) is 3.80. The molecular formula is C16H15NO4S3. The fourth-order valence-corrected chi connectivity index (χ4v) is 6.42. The minimum absolute atomic E-state index is 0.148. The van der Waals surface area contributed by atoms with Gasteiger partial charge in [0, 0.05) is 4.88 Å². The Kier molecular flexibility index (Phi) is 4.56. The van der Waals surface area contributed by atoms with Crippen LogP contribution in [0.15, 0.2) is 58.2 Å². The van der Waals surface area contributed by atoms with Gasteiger partial charge < -0.3 is 5.11 Å². The van der Waals surface area contributed by atoms with E-state index in [9.17, 15) is 18.3 Å². The van der Waals surface area contributed by atoms with E-state index < -0.39 is 26.8 Å². The fraction of sp³-hybridized carbons (Fsp3) is 0.188. The van der Waals surface area contributed by atoms with Crippen molar-refractivity contribution in [1.82, 2.24) is 4.72 Å². The Labute approximate surface area is 148 Å². The Morgan fingerprint density at radius 3 is 2.62 bits per heavy atom. The SMILES string of the molecule is Cc1ccccc1S(=O)(=O)NC1(c2cccs2)C=CSC1C(=O)O. The molecule has 5 nitrogen and oxygen atoms in total. The minimum Gasteiger partial charge on any atom is -0.480 e. The van der Waals surface area contributed by atoms with Gasteiger partial charge in [-0.15, -0.1) is 23.1 Å². The number of thiophene rings is 1. The normalized spacial score (nSPS) is 23.5. The van der Waals surface area contributed by atoms with E-state index in [0.717, 1.165) is 11.8 Å². The van der Waals surface area contributed by atoms with Crippen molar-refractivity contribution >= 4 is 39.1 Å². The smallest absolute Gasteiger partial charge is 0.319 e. The first-order chi connectivity index (χ1) is 11.4. The van der Waals surface area contributed by atoms with Crippen LogP contribution in [0.3, 0.4) is 0 Å². The lowest BCUT2D eigenvalue weighted by molar-refractivity contribution is -0.137. The monoisotopic (exact) mass is 381 g/mol. The number of carbonyl (C=O) groups is 1. The van der Waals surface area contributed by atoms with Crippen LogP contribution in [0.25, 0.3) is 0 Å². The first kappa shape index (κ1) is 17.2. The summed E-state index contributed by atoms with van der Waals surface area (Å²) in [5.41, 5.74) is -0.695. The molecule has 0 fully saturated rings. The minimum atomic E-state index is -3.90. The third kappa shape index (κ3) is 2.90. The van der Waals surface area contributed by atoms with Gasteiger partial charge in [0.05, 0.1) is 4.90 Å². The summed E-state index contributed by atoms with van der Waals surface area (Å²) < 4.78 is 28.5. The molecule has 2 atom stereocenters. The summed E-state index contributed by atoms with van der Waals surface area (Å²) in [6, 6.07) is 10.2. The summed E-state index contributed by atoms with van der Waals surface area (Å²) in [5, 5.41) is 12.1. The van der Waals surface area contributed by atoms with Crippen molar-refractivity contribution in [3.63, 3.8) is 0 Å². The third-order valence-corrected chi connectivity index (χ3v) is 7.60. The van der Waals surface area contributed by atoms with E-state index in [4.69, 9.17) is 0 Å². The molecule has 2 aromatic rings. The lowest BCUT2D eigenvalue weighted by Gasteiger charge is -2.31. The van der Waals surface area contributed by atoms with Crippen LogP contribution < -0.4 is 4.72 Å². The average molecular weight is 382 g/mol. The van der Waals surface area contributed by atoms with Gasteiger partial charge in [-0.2, -0.15) is 4.72 Å². The molecule has 0 radical (unpaired) electrons. The van der Waals surface area contributed by atoms with Crippen LogP contribution in [0.1, 0.15) is 10.4 Å². The van der Waals surface area contributed by atoms with Crippen molar-refractivity contribution < 1.29 is 18.3 Å². The lowest BCUT2D eigenvalue weighted by atomic mass is 9.94. The Morgan fingerprint density at radius 1 is 1.25 bits per heavy atom. The number of sulfonamides is 1. The van der Waals surface area contributed by atoms with E-state index in [-0.39, 0.29) is 4.90 Å². The molecule has 24 heavy (non-hydrogen) atoms. The lowest BCUT2D eigenvalue weighted by Crippen LogP contribution is -2.52. The predicted octanol–water partition coefficient (Wildman–Crippen LogP) is 2.94. The predicted molar refractivity (Wildman–Crippen MR) is 95.7 cm³/mol. The number of rotatable bonds is 5. The van der Waals surface area contributed by atoms with E-state index in [1.165, 1.54) is 17.4 Å². The average Bonchev–Trinajstić information content (AvgIpc) is 3.16. The zero-order chi connectivity index (χ0) is 17.4. The Balaban J connectivity index is 2.11. The maximum absolute atomic E-state index is 12.9. The molecule has 1 aromatic heterocycles. The highest BCUT2D eigenvalue weighted by Crippen LogP contribution is 2.44. The second-order valence-corrected chi connectivity index (χ2v) is 8.99. The van der Waals surface area contributed by atoms with Crippen molar-refractivity contribution in [2.24, 2.45) is 0 Å². The molecule has 0 saturated carbocycles. The zero-order valence-corrected chi connectivity index (χ0v) is 15.1. The summed E-state index contributed by atoms with van der Waals surface area (Å²) in [6.07, 6.45) is 1.62. The Morgan fingerprint density at radius 2 is 2.00 bits per heavy atom. The molecule has 0 bridgehead atoms. The molecule has 2 unspecified atom stereocenters. The first-order valence-corrected chi connectivity index (χ1v) is 10.4. The van der Waals surface area contributed by atoms with Gasteiger partial charge >= 0.3 is 5.97 Å². The van der Waals surface area contributed by atoms with Gasteiger partial charge in [-0.3, -0.25) is 4.79 Å². The molecule has 0 spiro atoms. The number of aryl methyl sites for hydroxylation is 1. The van der Waals surface area contributed by atoms with Gasteiger partial charge in [0.1, 0.15) is 10.8 Å². The second-order valence-electron chi connectivity index (χ2n) is 5.37. The van der Waals surface area contributed by atoms with E-state index in [0.29, 0.717) is 10.4 Å². The van der Waals surface area contributed by atoms with E-state index in [1.54, 1.807) is 54.1 Å². The van der Waals surface area contributed by atoms with E-state index in [1.807, 2.05) is 0 Å². The Hall–Kier alpha value is -1.61. The molecule has 0 saturated heterocycles. The highest BCUT2D eigenvalue weighted by Gasteiger charge is 2.49. The maximum Gasteiger partial charge on any atom is 0.319 e. The molecule has 0 amide bonds. The standard InChI is InChI=1S/C16H15NO4S3/c1-11-5-2-3-6-12(11)24(20,21)17-16(13-7-4-9-22-13)8-10-23-14(16)15(18)19/h2-10,14,17H,1H3,(H,18,19). The molecule has 8 heteroatoms. The topological polar surface area (TPSA) is 83.5 Å². The van der Waals surface area contributed by atoms with Crippen LogP contribution in [0.4, 0.5) is 0 Å². The van der Waals surface area contributed by atoms with Gasteiger partial charge in [0.15, 0.2) is 0 Å². The molecule has 126 valence electrons. The van der Waals surface area contributed by atoms with Crippen molar-refractivity contribution in [3.05, 3.63) is 63.7 Å². The largest absolute Gasteiger partial charge is 0.480 e. The van der Waals surface area contributed by atoms with Crippen LogP contribution in [0.2, 0.25) is 0 Å². The molecule has 0 aliphatic carbocycles. The van der Waals surface area contributed by atoms with Crippen LogP contribution in [0, 0.1) is 6.92 Å². The molecular weight excluding hydrogens is 366 g/mol. The molecule has 1 aliphatic rings. The number of hydrogen-bond acceptors (Lipinski definition) is 5. The highest BCUT2D eigenvalue weighted by molar-refractivity contribution is 8.03. The van der Waals surface area contributed by atoms with E-state index >= 15 is 0 Å². The van der Waals surface area contributed by atoms with Gasteiger partial charge in [-0.05, 0) is 35.4 Å². The quantitative estimate of drug-likeness (QED) is 0.832. The number of nitrogens with one attached hydrogen (secondary N) is 1. The van der Waals surface area contributed by atoms with Crippen LogP contribution in [-0.4, -0.2) is 24.7 Å². The molecule has 2 N–H and O–H groups in total. The van der Waals surface area contributed by atoms with Gasteiger partial charge in [0.25, 0.3) is 0 Å². The van der Waals surface area contributed by atoms with Crippen molar-refractivity contribution in [3.8, 4) is 0 Å². The molecule has 1 aromatic carbocycles. The summed E-state index contributed by atoms with van der Waals surface area (Å²) in [7, 11) is -3.90. The number of hydrogen-bond donors (Lipinski definition) is 2. The first-order valence-electron chi connectivity index (χ1n) is 7.06. The van der Waals surface area contributed by atoms with E-state index in [2.05, 4.69) is 4.72 Å². The number of carboxylic acids is 1. The van der Waals surface area contributed by atoms with Gasteiger partial charge in [0.2, 0.25) is 10.0 Å². The zero-order valence-electron chi connectivity index (χ0n) is 12.7. The molecule has 3 rings (SSSR count). The number of carboxylic acid groups (broad SMARTS) is 1. The number of aliphatic carboxylic acids is 1. The molecule has 1 aliphatic heterocycles. The fourth-order valence-electron chi connectivity index (χ4n) is 2.67. The summed E-state index contributed by atoms with van der Waals surface area (Å²) in [5.74, 6) is -1.06. The highest BCUT2D eigenvalue weighted by atomic mass is 32.2. The number of benzene rings is 1. The summed E-state index contributed by atoms with van der Waals surface area (Å²) in [6.45, 7) is 1.71. The van der Waals surface area contributed by atoms with Crippen LogP contribution >= 0.6 is 23.1 Å². The molecule has 2 heterocycles. The number of thioether (sulfide) groups is 1. The van der Waals surface area contributed by atoms with Crippen molar-refractivity contribution in [2.45, 2.75) is 22.6 Å². The van der Waals surface area contributed by atoms with Crippen LogP contribution in [0.5, 0.6) is 0 Å². The van der Waals surface area contributed by atoms with Crippen molar-refractivity contribution in [1.29, 1.82) is 0 Å². The van der Waals surface area contributed by atoms with Crippen molar-refractivity contribution in [2.75, 3.05) is 0 Å². The van der Waals surface area contributed by atoms with Crippen LogP contribution in [-0.2, 0) is 20.4 Å².